The van der Waals surface area contributed by atoms with E-state index in [9.17, 15) is 9.59 Å². The topological polar surface area (TPSA) is 46.6 Å². The summed E-state index contributed by atoms with van der Waals surface area (Å²) in [5.74, 6) is 0.621. The highest BCUT2D eigenvalue weighted by Gasteiger charge is 2.42. The molecule has 1 aliphatic rings. The van der Waals surface area contributed by atoms with Gasteiger partial charge in [-0.15, -0.1) is 11.8 Å². The van der Waals surface area contributed by atoms with Crippen LogP contribution in [0.3, 0.4) is 0 Å². The standard InChI is InChI=1S/C18H25NO3S/c1-4-8-16(20)19-15(18(21)22-11-13(2)3)12-23-17(19)14-9-6-5-7-10-14/h5-7,9-10,13,15,17H,4,8,11-12H2,1-3H3/t15-,17+/m0/s1. The van der Waals surface area contributed by atoms with Gasteiger partial charge in [0.25, 0.3) is 0 Å². The highest BCUT2D eigenvalue weighted by molar-refractivity contribution is 7.99. The Balaban J connectivity index is 2.18. The number of hydrogen-bond donors (Lipinski definition) is 0. The van der Waals surface area contributed by atoms with Gasteiger partial charge in [-0.2, -0.15) is 0 Å². The molecule has 0 bridgehead atoms. The summed E-state index contributed by atoms with van der Waals surface area (Å²) in [6.07, 6.45) is 1.23. The van der Waals surface area contributed by atoms with Gasteiger partial charge < -0.3 is 9.64 Å². The summed E-state index contributed by atoms with van der Waals surface area (Å²) in [5, 5.41) is -0.105. The van der Waals surface area contributed by atoms with E-state index in [4.69, 9.17) is 4.74 Å². The van der Waals surface area contributed by atoms with Gasteiger partial charge in [-0.3, -0.25) is 4.79 Å². The van der Waals surface area contributed by atoms with Crippen molar-refractivity contribution in [2.75, 3.05) is 12.4 Å². The Kier molecular flexibility index (Phi) is 6.51. The van der Waals surface area contributed by atoms with Gasteiger partial charge in [0, 0.05) is 12.2 Å². The summed E-state index contributed by atoms with van der Waals surface area (Å²) in [7, 11) is 0. The molecule has 1 aliphatic heterocycles. The van der Waals surface area contributed by atoms with Crippen molar-refractivity contribution in [1.29, 1.82) is 0 Å². The normalized spacial score (nSPS) is 20.8. The summed E-state index contributed by atoms with van der Waals surface area (Å²) in [4.78, 5) is 26.7. The van der Waals surface area contributed by atoms with Crippen molar-refractivity contribution in [3.63, 3.8) is 0 Å². The van der Waals surface area contributed by atoms with Crippen molar-refractivity contribution < 1.29 is 14.3 Å². The zero-order valence-corrected chi connectivity index (χ0v) is 14.8. The maximum atomic E-state index is 12.6. The minimum Gasteiger partial charge on any atom is -0.464 e. The molecule has 2 rings (SSSR count). The third kappa shape index (κ3) is 4.50. The Morgan fingerprint density at radius 3 is 2.61 bits per heavy atom. The Morgan fingerprint density at radius 2 is 2.00 bits per heavy atom. The predicted molar refractivity (Wildman–Crippen MR) is 93.0 cm³/mol. The van der Waals surface area contributed by atoms with Crippen LogP contribution in [-0.4, -0.2) is 35.2 Å². The molecule has 126 valence electrons. The molecule has 0 aliphatic carbocycles. The van der Waals surface area contributed by atoms with Crippen LogP contribution in [0.1, 0.15) is 44.6 Å². The van der Waals surface area contributed by atoms with E-state index in [2.05, 4.69) is 0 Å². The number of thioether (sulfide) groups is 1. The number of nitrogens with zero attached hydrogens (tertiary/aromatic N) is 1. The molecular formula is C18H25NO3S. The van der Waals surface area contributed by atoms with Crippen LogP contribution >= 0.6 is 11.8 Å². The lowest BCUT2D eigenvalue weighted by atomic mass is 10.1. The monoisotopic (exact) mass is 335 g/mol. The van der Waals surface area contributed by atoms with E-state index < -0.39 is 6.04 Å². The molecule has 5 heteroatoms. The van der Waals surface area contributed by atoms with Crippen LogP contribution in [-0.2, 0) is 14.3 Å². The Morgan fingerprint density at radius 1 is 1.30 bits per heavy atom. The molecule has 1 aromatic rings. The maximum Gasteiger partial charge on any atom is 0.329 e. The van der Waals surface area contributed by atoms with Gasteiger partial charge in [-0.25, -0.2) is 4.79 Å². The number of ether oxygens (including phenoxy) is 1. The van der Waals surface area contributed by atoms with Crippen LogP contribution in [0.4, 0.5) is 0 Å². The quantitative estimate of drug-likeness (QED) is 0.745. The van der Waals surface area contributed by atoms with Crippen LogP contribution in [0.25, 0.3) is 0 Å². The van der Waals surface area contributed by atoms with Crippen molar-refractivity contribution in [1.82, 2.24) is 4.90 Å². The number of rotatable bonds is 6. The SMILES string of the molecule is CCCC(=O)N1[C@@H](c2ccccc2)SC[C@H]1C(=O)OCC(C)C. The van der Waals surface area contributed by atoms with Crippen molar-refractivity contribution in [3.8, 4) is 0 Å². The number of carbonyl (C=O) groups excluding carboxylic acids is 2. The molecule has 0 saturated carbocycles. The third-order valence-electron chi connectivity index (χ3n) is 3.67. The van der Waals surface area contributed by atoms with Gasteiger partial charge in [0.1, 0.15) is 11.4 Å². The van der Waals surface area contributed by atoms with Crippen LogP contribution in [0.5, 0.6) is 0 Å². The van der Waals surface area contributed by atoms with Crippen molar-refractivity contribution in [2.24, 2.45) is 5.92 Å². The Bertz CT molecular complexity index is 532. The van der Waals surface area contributed by atoms with Gasteiger partial charge >= 0.3 is 5.97 Å². The first kappa shape index (κ1) is 17.9. The van der Waals surface area contributed by atoms with E-state index in [1.807, 2.05) is 51.1 Å². The molecule has 0 radical (unpaired) electrons. The molecule has 1 heterocycles. The smallest absolute Gasteiger partial charge is 0.329 e. The van der Waals surface area contributed by atoms with Crippen molar-refractivity contribution in [2.45, 2.75) is 45.0 Å². The first-order valence-electron chi connectivity index (χ1n) is 8.19. The van der Waals surface area contributed by atoms with E-state index in [1.54, 1.807) is 16.7 Å². The molecule has 0 N–H and O–H groups in total. The van der Waals surface area contributed by atoms with Crippen LogP contribution in [0.15, 0.2) is 30.3 Å². The molecule has 1 fully saturated rings. The van der Waals surface area contributed by atoms with Gasteiger partial charge in [0.05, 0.1) is 6.61 Å². The number of benzene rings is 1. The highest BCUT2D eigenvalue weighted by Crippen LogP contribution is 2.42. The maximum absolute atomic E-state index is 12.6. The molecular weight excluding hydrogens is 310 g/mol. The molecule has 23 heavy (non-hydrogen) atoms. The van der Waals surface area contributed by atoms with Gasteiger partial charge in [-0.05, 0) is 17.9 Å². The molecule has 1 aromatic carbocycles. The minimum absolute atomic E-state index is 0.0258. The Labute approximate surface area is 142 Å². The molecule has 0 spiro atoms. The van der Waals surface area contributed by atoms with E-state index in [0.29, 0.717) is 18.8 Å². The second-order valence-corrected chi connectivity index (χ2v) is 7.30. The second kappa shape index (κ2) is 8.39. The van der Waals surface area contributed by atoms with Crippen LogP contribution in [0, 0.1) is 5.92 Å². The average Bonchev–Trinajstić information content (AvgIpc) is 2.98. The first-order chi connectivity index (χ1) is 11.0. The fraction of sp³-hybridized carbons (Fsp3) is 0.556. The number of carbonyl (C=O) groups is 2. The first-order valence-corrected chi connectivity index (χ1v) is 9.23. The van der Waals surface area contributed by atoms with Crippen LogP contribution < -0.4 is 0 Å². The largest absolute Gasteiger partial charge is 0.464 e. The summed E-state index contributed by atoms with van der Waals surface area (Å²) < 4.78 is 5.38. The van der Waals surface area contributed by atoms with Crippen molar-refractivity contribution in [3.05, 3.63) is 35.9 Å². The molecule has 0 unspecified atom stereocenters. The van der Waals surface area contributed by atoms with E-state index in [-0.39, 0.29) is 23.2 Å². The lowest BCUT2D eigenvalue weighted by Gasteiger charge is -2.28. The summed E-state index contributed by atoms with van der Waals surface area (Å²) in [5.41, 5.74) is 1.06. The van der Waals surface area contributed by atoms with E-state index in [1.165, 1.54) is 0 Å². The van der Waals surface area contributed by atoms with Crippen LogP contribution in [0.2, 0.25) is 0 Å². The van der Waals surface area contributed by atoms with Gasteiger partial charge in [-0.1, -0.05) is 51.1 Å². The lowest BCUT2D eigenvalue weighted by Crippen LogP contribution is -2.44. The fourth-order valence-electron chi connectivity index (χ4n) is 2.55. The zero-order valence-electron chi connectivity index (χ0n) is 14.0. The molecule has 0 aromatic heterocycles. The van der Waals surface area contributed by atoms with Gasteiger partial charge in [0.15, 0.2) is 0 Å². The number of hydrogen-bond acceptors (Lipinski definition) is 4. The third-order valence-corrected chi connectivity index (χ3v) is 4.99. The summed E-state index contributed by atoms with van der Waals surface area (Å²) in [6.45, 7) is 6.38. The lowest BCUT2D eigenvalue weighted by molar-refractivity contribution is -0.155. The number of amides is 1. The second-order valence-electron chi connectivity index (χ2n) is 6.19. The molecule has 2 atom stereocenters. The molecule has 1 amide bonds. The zero-order chi connectivity index (χ0) is 16.8. The molecule has 4 nitrogen and oxygen atoms in total. The molecule has 1 saturated heterocycles. The average molecular weight is 335 g/mol. The minimum atomic E-state index is -0.483. The predicted octanol–water partition coefficient (Wildman–Crippen LogP) is 3.63. The fourth-order valence-corrected chi connectivity index (χ4v) is 3.99. The highest BCUT2D eigenvalue weighted by atomic mass is 32.2. The summed E-state index contributed by atoms with van der Waals surface area (Å²) in [6, 6.07) is 9.40. The Hall–Kier alpha value is -1.49. The van der Waals surface area contributed by atoms with E-state index >= 15 is 0 Å². The van der Waals surface area contributed by atoms with Gasteiger partial charge in [0.2, 0.25) is 5.91 Å². The summed E-state index contributed by atoms with van der Waals surface area (Å²) >= 11 is 1.63. The van der Waals surface area contributed by atoms with E-state index in [0.717, 1.165) is 12.0 Å². The van der Waals surface area contributed by atoms with Crippen molar-refractivity contribution >= 4 is 23.6 Å². The number of esters is 1.